The highest BCUT2D eigenvalue weighted by atomic mass is 16.5. The van der Waals surface area contributed by atoms with Crippen LogP contribution in [0.5, 0.6) is 0 Å². The van der Waals surface area contributed by atoms with E-state index in [2.05, 4.69) is 19.2 Å². The molecule has 2 fully saturated rings. The van der Waals surface area contributed by atoms with Crippen molar-refractivity contribution in [1.29, 1.82) is 0 Å². The molecule has 1 N–H and O–H groups in total. The highest BCUT2D eigenvalue weighted by molar-refractivity contribution is 5.67. The number of alkyl carbamates (subject to hydrolysis) is 1. The highest BCUT2D eigenvalue weighted by Crippen LogP contribution is 2.51. The quantitative estimate of drug-likeness (QED) is 0.829. The number of nitroso groups, excluding NO2 is 1. The summed E-state index contributed by atoms with van der Waals surface area (Å²) >= 11 is 0. The maximum absolute atomic E-state index is 12.2. The Morgan fingerprint density at radius 1 is 1.25 bits per heavy atom. The third-order valence-electron chi connectivity index (χ3n) is 5.70. The van der Waals surface area contributed by atoms with Crippen molar-refractivity contribution in [3.05, 3.63) is 34.7 Å². The second-order valence-electron chi connectivity index (χ2n) is 7.56. The summed E-state index contributed by atoms with van der Waals surface area (Å²) in [5, 5.41) is 3.12. The van der Waals surface area contributed by atoms with E-state index in [0.29, 0.717) is 23.4 Å². The van der Waals surface area contributed by atoms with Crippen LogP contribution < -0.4 is 5.32 Å². The van der Waals surface area contributed by atoms with Crippen LogP contribution in [-0.2, 0) is 11.3 Å². The van der Waals surface area contributed by atoms with Gasteiger partial charge < -0.3 is 10.1 Å². The van der Waals surface area contributed by atoms with Gasteiger partial charge in [0.25, 0.3) is 5.69 Å². The molecule has 5 nitrogen and oxygen atoms in total. The van der Waals surface area contributed by atoms with Gasteiger partial charge in [-0.1, -0.05) is 13.8 Å². The average molecular weight is 331 g/mol. The fourth-order valence-corrected chi connectivity index (χ4v) is 4.64. The van der Waals surface area contributed by atoms with Gasteiger partial charge >= 0.3 is 6.09 Å². The van der Waals surface area contributed by atoms with E-state index >= 15 is 0 Å². The molecular weight excluding hydrogens is 304 g/mol. The van der Waals surface area contributed by atoms with Crippen molar-refractivity contribution >= 4 is 11.8 Å². The lowest BCUT2D eigenvalue weighted by Crippen LogP contribution is -2.45. The van der Waals surface area contributed by atoms with Crippen molar-refractivity contribution in [1.82, 2.24) is 5.32 Å². The Morgan fingerprint density at radius 2 is 1.92 bits per heavy atom. The van der Waals surface area contributed by atoms with Crippen LogP contribution in [0.25, 0.3) is 0 Å². The van der Waals surface area contributed by atoms with Gasteiger partial charge in [-0.05, 0) is 60.6 Å². The maximum Gasteiger partial charge on any atom is 0.407 e. The molecule has 2 aliphatic carbocycles. The van der Waals surface area contributed by atoms with Crippen molar-refractivity contribution in [3.63, 3.8) is 0 Å². The molecule has 1 unspecified atom stereocenters. The summed E-state index contributed by atoms with van der Waals surface area (Å²) in [6, 6.07) is 7.34. The monoisotopic (exact) mass is 331 g/mol. The molecule has 0 heterocycles. The number of hydrogen-bond acceptors (Lipinski definition) is 3. The van der Waals surface area contributed by atoms with Gasteiger partial charge in [0.05, 0.1) is 0 Å². The molecule has 2 bridgehead atoms. The molecule has 0 radical (unpaired) electrons. The van der Waals surface area contributed by atoms with Crippen LogP contribution in [0, 0.1) is 28.6 Å². The molecule has 1 aromatic carbocycles. The minimum atomic E-state index is -0.330. The van der Waals surface area contributed by atoms with E-state index in [9.17, 15) is 9.70 Å². The van der Waals surface area contributed by atoms with Gasteiger partial charge in [0.1, 0.15) is 6.61 Å². The molecule has 4 atom stereocenters. The summed E-state index contributed by atoms with van der Waals surface area (Å²) in [4.78, 5) is 23.4. The zero-order valence-electron chi connectivity index (χ0n) is 14.7. The first-order valence-corrected chi connectivity index (χ1v) is 8.88. The molecular formula is C19H27N2O3+. The summed E-state index contributed by atoms with van der Waals surface area (Å²) in [5.74, 6) is 2.53. The SMILES string of the molecule is CC(C)[C@H]1C(NC(=O)OCc2ccc([N+](C)=O)cc2)[C@@H]2CC[C@H]1C2. The van der Waals surface area contributed by atoms with Gasteiger partial charge in [0.15, 0.2) is 7.05 Å². The summed E-state index contributed by atoms with van der Waals surface area (Å²) < 4.78 is 6.19. The molecule has 5 heteroatoms. The number of carbonyl (C=O) groups excluding carboxylic acids is 1. The van der Waals surface area contributed by atoms with E-state index in [-0.39, 0.29) is 18.7 Å². The molecule has 0 aliphatic heterocycles. The third-order valence-corrected chi connectivity index (χ3v) is 5.70. The summed E-state index contributed by atoms with van der Waals surface area (Å²) in [6.45, 7) is 4.72. The number of amides is 1. The van der Waals surface area contributed by atoms with Gasteiger partial charge in [0, 0.05) is 27.8 Å². The summed E-state index contributed by atoms with van der Waals surface area (Å²) in [5.41, 5.74) is 1.47. The van der Waals surface area contributed by atoms with Crippen LogP contribution in [-0.4, -0.2) is 23.9 Å². The molecule has 0 spiro atoms. The minimum absolute atomic E-state index is 0.224. The zero-order chi connectivity index (χ0) is 17.3. The number of nitrogens with zero attached hydrogens (tertiary/aromatic N) is 1. The fourth-order valence-electron chi connectivity index (χ4n) is 4.64. The number of carbonyl (C=O) groups is 1. The molecule has 0 aromatic heterocycles. The standard InChI is InChI=1S/C19H26N2O3/c1-12(2)17-14-6-7-15(10-14)18(17)20-19(22)24-11-13-4-8-16(9-5-13)21(3)23/h4-5,8-9,12,14-15,17-18H,6-7,10-11H2,1-3H3/p+1/t14-,15+,17+,18?/m0/s1. The predicted molar refractivity (Wildman–Crippen MR) is 91.9 cm³/mol. The molecule has 1 amide bonds. The molecule has 24 heavy (non-hydrogen) atoms. The lowest BCUT2D eigenvalue weighted by molar-refractivity contribution is -0.428. The first-order chi connectivity index (χ1) is 11.5. The van der Waals surface area contributed by atoms with Gasteiger partial charge in [-0.15, -0.1) is 0 Å². The maximum atomic E-state index is 12.2. The second kappa shape index (κ2) is 6.91. The van der Waals surface area contributed by atoms with E-state index in [4.69, 9.17) is 4.74 Å². The lowest BCUT2D eigenvalue weighted by atomic mass is 9.77. The predicted octanol–water partition coefficient (Wildman–Crippen LogP) is 4.02. The Labute approximate surface area is 143 Å². The van der Waals surface area contributed by atoms with Gasteiger partial charge in [-0.3, -0.25) is 0 Å². The van der Waals surface area contributed by atoms with Crippen molar-refractivity contribution in [2.75, 3.05) is 7.05 Å². The van der Waals surface area contributed by atoms with Gasteiger partial charge in [-0.2, -0.15) is 0 Å². The van der Waals surface area contributed by atoms with E-state index < -0.39 is 0 Å². The Bertz CT molecular complexity index is 612. The molecule has 1 aromatic rings. The van der Waals surface area contributed by atoms with Crippen LogP contribution in [0.15, 0.2) is 24.3 Å². The molecule has 130 valence electrons. The Balaban J connectivity index is 1.53. The summed E-state index contributed by atoms with van der Waals surface area (Å²) in [6.07, 6.45) is 3.45. The van der Waals surface area contributed by atoms with Crippen LogP contribution >= 0.6 is 0 Å². The number of hydrogen-bond donors (Lipinski definition) is 1. The topological polar surface area (TPSA) is 58.4 Å². The Hall–Kier alpha value is -1.91. The number of ether oxygens (including phenoxy) is 1. The zero-order valence-corrected chi connectivity index (χ0v) is 14.7. The van der Waals surface area contributed by atoms with Gasteiger partial charge in [0.2, 0.25) is 0 Å². The molecule has 2 aliphatic rings. The van der Waals surface area contributed by atoms with Crippen molar-refractivity contribution in [2.45, 2.75) is 45.8 Å². The second-order valence-corrected chi connectivity index (χ2v) is 7.56. The van der Waals surface area contributed by atoms with Gasteiger partial charge in [-0.25, -0.2) is 4.79 Å². The third kappa shape index (κ3) is 3.45. The number of nitrogens with one attached hydrogen (secondary N) is 1. The Kier molecular flexibility index (Phi) is 4.88. The number of rotatable bonds is 5. The molecule has 2 saturated carbocycles. The largest absolute Gasteiger partial charge is 0.445 e. The van der Waals surface area contributed by atoms with E-state index in [1.165, 1.54) is 26.3 Å². The van der Waals surface area contributed by atoms with Crippen LogP contribution in [0.4, 0.5) is 10.5 Å². The molecule has 0 saturated heterocycles. The fraction of sp³-hybridized carbons (Fsp3) is 0.632. The van der Waals surface area contributed by atoms with Crippen molar-refractivity contribution in [3.8, 4) is 0 Å². The normalized spacial score (nSPS) is 28.2. The Morgan fingerprint density at radius 3 is 2.54 bits per heavy atom. The average Bonchev–Trinajstić information content (AvgIpc) is 3.14. The minimum Gasteiger partial charge on any atom is -0.445 e. The highest BCUT2D eigenvalue weighted by Gasteiger charge is 2.49. The first-order valence-electron chi connectivity index (χ1n) is 8.88. The van der Waals surface area contributed by atoms with E-state index in [0.717, 1.165) is 16.2 Å². The number of fused-ring (bicyclic) bond motifs is 2. The number of benzene rings is 1. The smallest absolute Gasteiger partial charge is 0.407 e. The van der Waals surface area contributed by atoms with Crippen LogP contribution in [0.3, 0.4) is 0 Å². The van der Waals surface area contributed by atoms with E-state index in [1.54, 1.807) is 12.1 Å². The summed E-state index contributed by atoms with van der Waals surface area (Å²) in [7, 11) is 1.46. The van der Waals surface area contributed by atoms with Crippen LogP contribution in [0.2, 0.25) is 0 Å². The van der Waals surface area contributed by atoms with E-state index in [1.807, 2.05) is 12.1 Å². The first kappa shape index (κ1) is 16.9. The van der Waals surface area contributed by atoms with Crippen molar-refractivity contribution in [2.24, 2.45) is 23.7 Å². The lowest BCUT2D eigenvalue weighted by Gasteiger charge is -2.34. The molecule has 3 rings (SSSR count). The van der Waals surface area contributed by atoms with Crippen LogP contribution in [0.1, 0.15) is 38.7 Å². The van der Waals surface area contributed by atoms with Crippen molar-refractivity contribution < 1.29 is 14.3 Å².